The van der Waals surface area contributed by atoms with Crippen molar-refractivity contribution in [2.45, 2.75) is 0 Å². The first-order valence-corrected chi connectivity index (χ1v) is 7.19. The molecule has 0 aromatic carbocycles. The topological polar surface area (TPSA) is 62.2 Å². The lowest BCUT2D eigenvalue weighted by atomic mass is 10.1. The second-order valence-corrected chi connectivity index (χ2v) is 5.45. The maximum Gasteiger partial charge on any atom is 0.145 e. The van der Waals surface area contributed by atoms with Crippen LogP contribution in [0.3, 0.4) is 0 Å². The maximum absolute atomic E-state index is 5.61. The third-order valence-electron chi connectivity index (χ3n) is 3.85. The zero-order chi connectivity index (χ0) is 16.0. The van der Waals surface area contributed by atoms with Crippen molar-refractivity contribution >= 4 is 5.52 Å². The van der Waals surface area contributed by atoms with Gasteiger partial charge in [0.25, 0.3) is 0 Å². The summed E-state index contributed by atoms with van der Waals surface area (Å²) in [5, 5.41) is 12.9. The number of ether oxygens (including phenoxy) is 1. The zero-order valence-corrected chi connectivity index (χ0v) is 13.1. The van der Waals surface area contributed by atoms with Crippen LogP contribution in [0.25, 0.3) is 27.8 Å². The van der Waals surface area contributed by atoms with Crippen molar-refractivity contribution in [1.82, 2.24) is 29.2 Å². The predicted molar refractivity (Wildman–Crippen MR) is 86.1 cm³/mol. The number of nitrogens with zero attached hydrogens (tertiary/aromatic N) is 6. The second kappa shape index (κ2) is 4.98. The van der Waals surface area contributed by atoms with Gasteiger partial charge in [0.1, 0.15) is 11.3 Å². The Morgan fingerprint density at radius 2 is 1.52 bits per heavy atom. The highest BCUT2D eigenvalue weighted by Gasteiger charge is 2.15. The average Bonchev–Trinajstić information content (AvgIpc) is 3.25. The summed E-state index contributed by atoms with van der Waals surface area (Å²) in [4.78, 5) is 0. The zero-order valence-electron chi connectivity index (χ0n) is 13.1. The van der Waals surface area contributed by atoms with Gasteiger partial charge in [-0.1, -0.05) is 0 Å². The lowest BCUT2D eigenvalue weighted by Gasteiger charge is -2.07. The van der Waals surface area contributed by atoms with Gasteiger partial charge >= 0.3 is 0 Å². The third kappa shape index (κ3) is 2.17. The summed E-state index contributed by atoms with van der Waals surface area (Å²) in [5.74, 6) is 0.766. The molecular weight excluding hydrogens is 292 g/mol. The lowest BCUT2D eigenvalue weighted by Crippen LogP contribution is -1.94. The van der Waals surface area contributed by atoms with E-state index in [0.717, 1.165) is 33.5 Å². The number of methoxy groups -OCH3 is 1. The minimum Gasteiger partial charge on any atom is -0.494 e. The molecule has 23 heavy (non-hydrogen) atoms. The van der Waals surface area contributed by atoms with E-state index >= 15 is 0 Å². The number of rotatable bonds is 3. The van der Waals surface area contributed by atoms with Gasteiger partial charge in [0.2, 0.25) is 0 Å². The predicted octanol–water partition coefficient (Wildman–Crippen LogP) is 2.14. The number of hydrogen-bond acceptors (Lipinski definition) is 4. The van der Waals surface area contributed by atoms with Gasteiger partial charge in [-0.2, -0.15) is 15.3 Å². The smallest absolute Gasteiger partial charge is 0.145 e. The highest BCUT2D eigenvalue weighted by molar-refractivity contribution is 5.85. The molecule has 0 aliphatic heterocycles. The number of fused-ring (bicyclic) bond motifs is 1. The molecule has 0 spiro atoms. The van der Waals surface area contributed by atoms with Crippen LogP contribution >= 0.6 is 0 Å². The Kier molecular flexibility index (Phi) is 2.94. The SMILES string of the molecule is COc1cc(-c2cnn(C)c2)cn2ncc(-c3cnn(C)c3)c12. The van der Waals surface area contributed by atoms with E-state index in [2.05, 4.69) is 15.3 Å². The van der Waals surface area contributed by atoms with E-state index in [9.17, 15) is 0 Å². The number of hydrogen-bond donors (Lipinski definition) is 0. The van der Waals surface area contributed by atoms with Crippen LogP contribution < -0.4 is 4.74 Å². The van der Waals surface area contributed by atoms with Crippen molar-refractivity contribution in [3.63, 3.8) is 0 Å². The molecule has 0 fully saturated rings. The van der Waals surface area contributed by atoms with Crippen LogP contribution in [0.5, 0.6) is 5.75 Å². The molecule has 4 aromatic heterocycles. The molecule has 0 N–H and O–H groups in total. The Balaban J connectivity index is 1.93. The molecule has 0 saturated heterocycles. The van der Waals surface area contributed by atoms with Crippen molar-refractivity contribution < 1.29 is 4.74 Å². The van der Waals surface area contributed by atoms with Crippen LogP contribution in [0.4, 0.5) is 0 Å². The van der Waals surface area contributed by atoms with Gasteiger partial charge in [-0.15, -0.1) is 0 Å². The van der Waals surface area contributed by atoms with Crippen LogP contribution in [0.1, 0.15) is 0 Å². The first-order chi connectivity index (χ1) is 11.2. The molecule has 4 aromatic rings. The quantitative estimate of drug-likeness (QED) is 0.582. The summed E-state index contributed by atoms with van der Waals surface area (Å²) in [6, 6.07) is 2.01. The van der Waals surface area contributed by atoms with Crippen LogP contribution in [-0.2, 0) is 14.1 Å². The van der Waals surface area contributed by atoms with E-state index in [-0.39, 0.29) is 0 Å². The molecule has 0 amide bonds. The van der Waals surface area contributed by atoms with Crippen molar-refractivity contribution in [2.24, 2.45) is 14.1 Å². The van der Waals surface area contributed by atoms with Crippen molar-refractivity contribution in [3.05, 3.63) is 43.2 Å². The van der Waals surface area contributed by atoms with E-state index in [1.54, 1.807) is 16.5 Å². The standard InChI is InChI=1S/C16H16N6O/c1-20-8-12(5-17-20)11-4-15(23-3)16-14(7-19-22(16)10-11)13-6-18-21(2)9-13/h4-10H,1-3H3. The number of pyridine rings is 1. The Morgan fingerprint density at radius 1 is 0.826 bits per heavy atom. The first-order valence-electron chi connectivity index (χ1n) is 7.19. The third-order valence-corrected chi connectivity index (χ3v) is 3.85. The fraction of sp³-hybridized carbons (Fsp3) is 0.188. The molecule has 4 heterocycles. The summed E-state index contributed by atoms with van der Waals surface area (Å²) in [6.45, 7) is 0. The highest BCUT2D eigenvalue weighted by Crippen LogP contribution is 2.34. The molecule has 0 aliphatic rings. The minimum atomic E-state index is 0.766. The Hall–Kier alpha value is -3.09. The highest BCUT2D eigenvalue weighted by atomic mass is 16.5. The van der Waals surface area contributed by atoms with Gasteiger partial charge in [-0.05, 0) is 6.07 Å². The minimum absolute atomic E-state index is 0.766. The van der Waals surface area contributed by atoms with Gasteiger partial charge in [-0.3, -0.25) is 9.36 Å². The van der Waals surface area contributed by atoms with Crippen LogP contribution in [-0.4, -0.2) is 36.3 Å². The Labute approximate surface area is 132 Å². The van der Waals surface area contributed by atoms with Gasteiger partial charge < -0.3 is 4.74 Å². The van der Waals surface area contributed by atoms with Crippen LogP contribution in [0, 0.1) is 0 Å². The first kappa shape index (κ1) is 13.6. The molecule has 0 aliphatic carbocycles. The molecule has 7 nitrogen and oxygen atoms in total. The average molecular weight is 308 g/mol. The van der Waals surface area contributed by atoms with Crippen molar-refractivity contribution in [3.8, 4) is 28.0 Å². The van der Waals surface area contributed by atoms with Gasteiger partial charge in [0.15, 0.2) is 0 Å². The maximum atomic E-state index is 5.61. The van der Waals surface area contributed by atoms with E-state index in [0.29, 0.717) is 0 Å². The lowest BCUT2D eigenvalue weighted by molar-refractivity contribution is 0.418. The van der Waals surface area contributed by atoms with Crippen LogP contribution in [0.15, 0.2) is 43.2 Å². The summed E-state index contributed by atoms with van der Waals surface area (Å²) < 4.78 is 11.0. The summed E-state index contributed by atoms with van der Waals surface area (Å²) in [6.07, 6.45) is 11.4. The van der Waals surface area contributed by atoms with E-state index in [1.807, 2.05) is 61.9 Å². The Morgan fingerprint density at radius 3 is 2.13 bits per heavy atom. The van der Waals surface area contributed by atoms with Gasteiger partial charge in [0, 0.05) is 54.9 Å². The molecule has 0 atom stereocenters. The molecular formula is C16H16N6O. The van der Waals surface area contributed by atoms with E-state index < -0.39 is 0 Å². The van der Waals surface area contributed by atoms with E-state index in [4.69, 9.17) is 4.74 Å². The monoisotopic (exact) mass is 308 g/mol. The molecule has 116 valence electrons. The summed E-state index contributed by atoms with van der Waals surface area (Å²) >= 11 is 0. The summed E-state index contributed by atoms with van der Waals surface area (Å²) in [7, 11) is 5.46. The van der Waals surface area contributed by atoms with E-state index in [1.165, 1.54) is 0 Å². The fourth-order valence-corrected chi connectivity index (χ4v) is 2.74. The number of aromatic nitrogens is 6. The second-order valence-electron chi connectivity index (χ2n) is 5.45. The van der Waals surface area contributed by atoms with Crippen LogP contribution in [0.2, 0.25) is 0 Å². The molecule has 0 radical (unpaired) electrons. The molecule has 0 saturated carbocycles. The largest absolute Gasteiger partial charge is 0.494 e. The van der Waals surface area contributed by atoms with Crippen molar-refractivity contribution in [2.75, 3.05) is 7.11 Å². The molecule has 7 heteroatoms. The molecule has 0 bridgehead atoms. The summed E-state index contributed by atoms with van der Waals surface area (Å²) in [5.41, 5.74) is 4.95. The Bertz CT molecular complexity index is 993. The van der Waals surface area contributed by atoms with Gasteiger partial charge in [-0.25, -0.2) is 4.52 Å². The number of aryl methyl sites for hydroxylation is 2. The molecule has 4 rings (SSSR count). The normalized spacial score (nSPS) is 11.3. The van der Waals surface area contributed by atoms with Crippen molar-refractivity contribution in [1.29, 1.82) is 0 Å². The fourth-order valence-electron chi connectivity index (χ4n) is 2.74. The van der Waals surface area contributed by atoms with Gasteiger partial charge in [0.05, 0.1) is 25.7 Å². The molecule has 0 unspecified atom stereocenters.